The first kappa shape index (κ1) is 13.8. The van der Waals surface area contributed by atoms with E-state index >= 15 is 0 Å². The fraction of sp³-hybridized carbons (Fsp3) is 0.583. The Labute approximate surface area is 117 Å². The lowest BCUT2D eigenvalue weighted by molar-refractivity contribution is 0.515. The average molecular weight is 280 g/mol. The number of anilines is 2. The maximum absolute atomic E-state index is 5.57. The van der Waals surface area contributed by atoms with Crippen LogP contribution in [0.2, 0.25) is 0 Å². The van der Waals surface area contributed by atoms with E-state index in [1.54, 1.807) is 0 Å². The van der Waals surface area contributed by atoms with Crippen LogP contribution in [0.5, 0.6) is 0 Å². The molecule has 2 rings (SSSR count). The first-order valence-electron chi connectivity index (χ1n) is 6.46. The SMILES string of the molecule is CC/C=C\C(=N/C)N1CCC(Nc2nnc(N)s2)C1. The fourth-order valence-corrected chi connectivity index (χ4v) is 2.69. The number of nitrogens with one attached hydrogen (secondary N) is 1. The highest BCUT2D eigenvalue weighted by Crippen LogP contribution is 2.21. The van der Waals surface area contributed by atoms with Gasteiger partial charge in [0.2, 0.25) is 10.3 Å². The molecule has 0 aromatic carbocycles. The Bertz CT molecular complexity index is 467. The van der Waals surface area contributed by atoms with Gasteiger partial charge in [0.05, 0.1) is 0 Å². The van der Waals surface area contributed by atoms with E-state index in [2.05, 4.69) is 44.5 Å². The lowest BCUT2D eigenvalue weighted by atomic mass is 10.3. The van der Waals surface area contributed by atoms with Crippen molar-refractivity contribution in [1.82, 2.24) is 15.1 Å². The minimum absolute atomic E-state index is 0.374. The summed E-state index contributed by atoms with van der Waals surface area (Å²) in [5, 5.41) is 12.5. The zero-order valence-electron chi connectivity index (χ0n) is 11.3. The largest absolute Gasteiger partial charge is 0.374 e. The van der Waals surface area contributed by atoms with Crippen LogP contribution in [0, 0.1) is 0 Å². The highest BCUT2D eigenvalue weighted by Gasteiger charge is 2.24. The standard InChI is InChI=1S/C12H20N6S/c1-3-4-5-10(14-2)18-7-6-9(8-18)15-12-17-16-11(13)19-12/h4-5,9H,3,6-8H2,1-2H3,(H2,13,16)(H,15,17)/b5-4-,14-10+. The summed E-state index contributed by atoms with van der Waals surface area (Å²) in [6.07, 6.45) is 6.32. The number of amidine groups is 1. The van der Waals surface area contributed by atoms with E-state index in [4.69, 9.17) is 5.73 Å². The Hall–Kier alpha value is -1.63. The molecule has 0 bridgehead atoms. The second kappa shape index (κ2) is 6.51. The Morgan fingerprint density at radius 2 is 2.47 bits per heavy atom. The summed E-state index contributed by atoms with van der Waals surface area (Å²) >= 11 is 1.39. The van der Waals surface area contributed by atoms with Crippen LogP contribution in [0.15, 0.2) is 17.1 Å². The topological polar surface area (TPSA) is 79.4 Å². The Kier molecular flexibility index (Phi) is 4.73. The molecule has 1 unspecified atom stereocenters. The van der Waals surface area contributed by atoms with E-state index in [1.165, 1.54) is 11.3 Å². The summed E-state index contributed by atoms with van der Waals surface area (Å²) in [4.78, 5) is 6.62. The summed E-state index contributed by atoms with van der Waals surface area (Å²) < 4.78 is 0. The fourth-order valence-electron chi connectivity index (χ4n) is 2.10. The minimum atomic E-state index is 0.374. The summed E-state index contributed by atoms with van der Waals surface area (Å²) in [5.74, 6) is 1.04. The molecule has 19 heavy (non-hydrogen) atoms. The van der Waals surface area contributed by atoms with Crippen LogP contribution < -0.4 is 11.1 Å². The van der Waals surface area contributed by atoms with Crippen LogP contribution in [-0.4, -0.2) is 47.1 Å². The van der Waals surface area contributed by atoms with E-state index in [-0.39, 0.29) is 0 Å². The number of nitrogens with zero attached hydrogens (tertiary/aromatic N) is 4. The number of aliphatic imine (C=N–C) groups is 1. The average Bonchev–Trinajstić information content (AvgIpc) is 3.01. The quantitative estimate of drug-likeness (QED) is 0.647. The van der Waals surface area contributed by atoms with Crippen molar-refractivity contribution in [2.45, 2.75) is 25.8 Å². The maximum Gasteiger partial charge on any atom is 0.207 e. The van der Waals surface area contributed by atoms with Crippen LogP contribution in [-0.2, 0) is 0 Å². The lowest BCUT2D eigenvalue weighted by Gasteiger charge is -2.18. The molecule has 0 aliphatic carbocycles. The second-order valence-electron chi connectivity index (χ2n) is 4.41. The van der Waals surface area contributed by atoms with Crippen molar-refractivity contribution in [3.63, 3.8) is 0 Å². The van der Waals surface area contributed by atoms with Gasteiger partial charge in [-0.15, -0.1) is 10.2 Å². The van der Waals surface area contributed by atoms with Crippen molar-refractivity contribution in [2.24, 2.45) is 4.99 Å². The first-order chi connectivity index (χ1) is 9.22. The maximum atomic E-state index is 5.57. The van der Waals surface area contributed by atoms with Gasteiger partial charge in [-0.1, -0.05) is 24.3 Å². The molecule has 0 saturated carbocycles. The number of rotatable bonds is 4. The first-order valence-corrected chi connectivity index (χ1v) is 7.28. The van der Waals surface area contributed by atoms with Gasteiger partial charge in [-0.05, 0) is 18.9 Å². The molecule has 1 atom stereocenters. The van der Waals surface area contributed by atoms with Gasteiger partial charge < -0.3 is 16.0 Å². The number of allylic oxidation sites excluding steroid dienone is 1. The third kappa shape index (κ3) is 3.66. The molecule has 1 aromatic rings. The van der Waals surface area contributed by atoms with Crippen molar-refractivity contribution in [3.05, 3.63) is 12.2 Å². The summed E-state index contributed by atoms with van der Waals surface area (Å²) in [6.45, 7) is 4.06. The zero-order valence-corrected chi connectivity index (χ0v) is 12.2. The van der Waals surface area contributed by atoms with E-state index in [1.807, 2.05) is 7.05 Å². The van der Waals surface area contributed by atoms with Crippen LogP contribution in [0.1, 0.15) is 19.8 Å². The van der Waals surface area contributed by atoms with Crippen LogP contribution in [0.3, 0.4) is 0 Å². The molecule has 1 aliphatic heterocycles. The molecule has 1 saturated heterocycles. The van der Waals surface area contributed by atoms with Gasteiger partial charge in [0, 0.05) is 26.2 Å². The Balaban J connectivity index is 1.90. The monoisotopic (exact) mass is 280 g/mol. The van der Waals surface area contributed by atoms with Crippen LogP contribution >= 0.6 is 11.3 Å². The summed E-state index contributed by atoms with van der Waals surface area (Å²) in [6, 6.07) is 0.374. The second-order valence-corrected chi connectivity index (χ2v) is 5.42. The van der Waals surface area contributed by atoms with Gasteiger partial charge >= 0.3 is 0 Å². The molecule has 1 fully saturated rings. The van der Waals surface area contributed by atoms with Gasteiger partial charge in [-0.2, -0.15) is 0 Å². The van der Waals surface area contributed by atoms with Crippen molar-refractivity contribution in [2.75, 3.05) is 31.2 Å². The summed E-state index contributed by atoms with van der Waals surface area (Å²) in [5.41, 5.74) is 5.57. The van der Waals surface area contributed by atoms with Crippen molar-refractivity contribution in [3.8, 4) is 0 Å². The number of nitrogen functional groups attached to an aromatic ring is 1. The third-order valence-corrected chi connectivity index (χ3v) is 3.70. The zero-order chi connectivity index (χ0) is 13.7. The number of likely N-dealkylation sites (tertiary alicyclic amines) is 1. The molecular formula is C12H20N6S. The molecular weight excluding hydrogens is 260 g/mol. The van der Waals surface area contributed by atoms with Crippen LogP contribution in [0.25, 0.3) is 0 Å². The predicted octanol–water partition coefficient (Wildman–Crippen LogP) is 1.60. The van der Waals surface area contributed by atoms with E-state index in [9.17, 15) is 0 Å². The molecule has 0 radical (unpaired) electrons. The van der Waals surface area contributed by atoms with Gasteiger partial charge in [-0.25, -0.2) is 0 Å². The van der Waals surface area contributed by atoms with Crippen LogP contribution in [0.4, 0.5) is 10.3 Å². The molecule has 2 heterocycles. The molecule has 0 amide bonds. The van der Waals surface area contributed by atoms with E-state index in [0.717, 1.165) is 36.9 Å². The molecule has 104 valence electrons. The molecule has 7 heteroatoms. The lowest BCUT2D eigenvalue weighted by Crippen LogP contribution is -2.30. The highest BCUT2D eigenvalue weighted by molar-refractivity contribution is 7.18. The summed E-state index contributed by atoms with van der Waals surface area (Å²) in [7, 11) is 1.83. The molecule has 1 aliphatic rings. The number of hydrogen-bond acceptors (Lipinski definition) is 6. The minimum Gasteiger partial charge on any atom is -0.374 e. The number of hydrogen-bond donors (Lipinski definition) is 2. The van der Waals surface area contributed by atoms with E-state index in [0.29, 0.717) is 11.2 Å². The van der Waals surface area contributed by atoms with Gasteiger partial charge in [0.15, 0.2) is 0 Å². The van der Waals surface area contributed by atoms with Crippen molar-refractivity contribution < 1.29 is 0 Å². The molecule has 3 N–H and O–H groups in total. The number of aromatic nitrogens is 2. The number of nitrogens with two attached hydrogens (primary N) is 1. The normalized spacial score (nSPS) is 20.4. The van der Waals surface area contributed by atoms with E-state index < -0.39 is 0 Å². The molecule has 0 spiro atoms. The molecule has 1 aromatic heterocycles. The predicted molar refractivity (Wildman–Crippen MR) is 80.7 cm³/mol. The Morgan fingerprint density at radius 3 is 3.11 bits per heavy atom. The van der Waals surface area contributed by atoms with Gasteiger partial charge in [0.25, 0.3) is 0 Å². The van der Waals surface area contributed by atoms with Gasteiger partial charge in [0.1, 0.15) is 5.84 Å². The van der Waals surface area contributed by atoms with Crippen molar-refractivity contribution >= 4 is 27.4 Å². The third-order valence-electron chi connectivity index (χ3n) is 3.01. The van der Waals surface area contributed by atoms with Gasteiger partial charge in [-0.3, -0.25) is 4.99 Å². The highest BCUT2D eigenvalue weighted by atomic mass is 32.1. The van der Waals surface area contributed by atoms with Crippen molar-refractivity contribution in [1.29, 1.82) is 0 Å². The molecule has 6 nitrogen and oxygen atoms in total. The Morgan fingerprint density at radius 1 is 1.63 bits per heavy atom. The smallest absolute Gasteiger partial charge is 0.207 e.